The minimum absolute atomic E-state index is 0.165. The summed E-state index contributed by atoms with van der Waals surface area (Å²) in [5.74, 6) is -0.405. The van der Waals surface area contributed by atoms with Crippen molar-refractivity contribution in [1.29, 1.82) is 0 Å². The standard InChI is InChI=1S/C18H21FN2O/c1-18(2,3)21-17(22)16-14(5-4-12-20-16)9-6-13-7-10-15(19)11-8-13/h4-5,7-8,10-12H,6,9H2,1-3H3,(H,21,22). The van der Waals surface area contributed by atoms with Gasteiger partial charge in [0.25, 0.3) is 5.91 Å². The summed E-state index contributed by atoms with van der Waals surface area (Å²) in [6.07, 6.45) is 3.05. The lowest BCUT2D eigenvalue weighted by molar-refractivity contribution is 0.0913. The number of halogens is 1. The van der Waals surface area contributed by atoms with Crippen LogP contribution in [0.25, 0.3) is 0 Å². The number of aryl methyl sites for hydroxylation is 2. The van der Waals surface area contributed by atoms with E-state index in [1.165, 1.54) is 12.1 Å². The second-order valence-electron chi connectivity index (χ2n) is 6.34. The molecule has 1 N–H and O–H groups in total. The largest absolute Gasteiger partial charge is 0.346 e. The highest BCUT2D eigenvalue weighted by Crippen LogP contribution is 2.12. The molecule has 1 aromatic heterocycles. The van der Waals surface area contributed by atoms with E-state index in [-0.39, 0.29) is 17.3 Å². The molecule has 0 radical (unpaired) electrons. The highest BCUT2D eigenvalue weighted by Gasteiger charge is 2.18. The molecule has 0 atom stereocenters. The Bertz CT molecular complexity index is 645. The van der Waals surface area contributed by atoms with Crippen LogP contribution < -0.4 is 5.32 Å². The summed E-state index contributed by atoms with van der Waals surface area (Å²) < 4.78 is 12.9. The zero-order valence-corrected chi connectivity index (χ0v) is 13.2. The smallest absolute Gasteiger partial charge is 0.270 e. The van der Waals surface area contributed by atoms with Crippen LogP contribution in [0.1, 0.15) is 42.4 Å². The van der Waals surface area contributed by atoms with Crippen LogP contribution in [0.5, 0.6) is 0 Å². The van der Waals surface area contributed by atoms with Gasteiger partial charge in [0.05, 0.1) is 0 Å². The quantitative estimate of drug-likeness (QED) is 0.938. The van der Waals surface area contributed by atoms with E-state index in [4.69, 9.17) is 0 Å². The van der Waals surface area contributed by atoms with Gasteiger partial charge < -0.3 is 5.32 Å². The van der Waals surface area contributed by atoms with Gasteiger partial charge in [-0.15, -0.1) is 0 Å². The fourth-order valence-electron chi connectivity index (χ4n) is 2.17. The minimum atomic E-state index is -0.303. The van der Waals surface area contributed by atoms with Crippen LogP contribution in [0.15, 0.2) is 42.6 Å². The molecule has 4 heteroatoms. The number of hydrogen-bond acceptors (Lipinski definition) is 2. The molecule has 1 aromatic carbocycles. The maximum Gasteiger partial charge on any atom is 0.270 e. The highest BCUT2D eigenvalue weighted by molar-refractivity contribution is 5.94. The van der Waals surface area contributed by atoms with Gasteiger partial charge in [0, 0.05) is 11.7 Å². The topological polar surface area (TPSA) is 42.0 Å². The Kier molecular flexibility index (Phi) is 4.91. The van der Waals surface area contributed by atoms with Gasteiger partial charge in [-0.2, -0.15) is 0 Å². The number of nitrogens with zero attached hydrogens (tertiary/aromatic N) is 1. The SMILES string of the molecule is CC(C)(C)NC(=O)c1ncccc1CCc1ccc(F)cc1. The number of aromatic nitrogens is 1. The van der Waals surface area contributed by atoms with Crippen molar-refractivity contribution in [2.24, 2.45) is 0 Å². The van der Waals surface area contributed by atoms with E-state index in [0.29, 0.717) is 12.1 Å². The van der Waals surface area contributed by atoms with Crippen molar-refractivity contribution in [2.45, 2.75) is 39.2 Å². The first-order valence-electron chi connectivity index (χ1n) is 7.36. The number of pyridine rings is 1. The van der Waals surface area contributed by atoms with Gasteiger partial charge >= 0.3 is 0 Å². The molecule has 0 bridgehead atoms. The van der Waals surface area contributed by atoms with E-state index in [1.807, 2.05) is 32.9 Å². The fourth-order valence-corrected chi connectivity index (χ4v) is 2.17. The predicted molar refractivity (Wildman–Crippen MR) is 85.3 cm³/mol. The van der Waals surface area contributed by atoms with Gasteiger partial charge in [-0.3, -0.25) is 9.78 Å². The molecule has 3 nitrogen and oxygen atoms in total. The lowest BCUT2D eigenvalue weighted by Gasteiger charge is -2.21. The number of benzene rings is 1. The van der Waals surface area contributed by atoms with Crippen molar-refractivity contribution in [3.63, 3.8) is 0 Å². The van der Waals surface area contributed by atoms with Crippen LogP contribution in [0.3, 0.4) is 0 Å². The van der Waals surface area contributed by atoms with Crippen LogP contribution in [0.4, 0.5) is 4.39 Å². The van der Waals surface area contributed by atoms with Crippen LogP contribution >= 0.6 is 0 Å². The molecule has 2 rings (SSSR count). The Labute approximate surface area is 130 Å². The monoisotopic (exact) mass is 300 g/mol. The van der Waals surface area contributed by atoms with Crippen LogP contribution in [-0.2, 0) is 12.8 Å². The maximum atomic E-state index is 12.9. The Morgan fingerprint density at radius 3 is 2.45 bits per heavy atom. The van der Waals surface area contributed by atoms with Gasteiger partial charge in [-0.05, 0) is 62.9 Å². The Hall–Kier alpha value is -2.23. The summed E-state index contributed by atoms with van der Waals surface area (Å²) >= 11 is 0. The minimum Gasteiger partial charge on any atom is -0.346 e. The van der Waals surface area contributed by atoms with Crippen molar-refractivity contribution in [1.82, 2.24) is 10.3 Å². The molecule has 116 valence electrons. The van der Waals surface area contributed by atoms with Crippen LogP contribution in [-0.4, -0.2) is 16.4 Å². The summed E-state index contributed by atoms with van der Waals surface area (Å²) in [7, 11) is 0. The van der Waals surface area contributed by atoms with Crippen molar-refractivity contribution in [3.8, 4) is 0 Å². The first kappa shape index (κ1) is 16.1. The number of amides is 1. The van der Waals surface area contributed by atoms with E-state index in [1.54, 1.807) is 18.3 Å². The number of nitrogens with one attached hydrogen (secondary N) is 1. The second-order valence-corrected chi connectivity index (χ2v) is 6.34. The van der Waals surface area contributed by atoms with Gasteiger partial charge in [-0.1, -0.05) is 18.2 Å². The zero-order valence-electron chi connectivity index (χ0n) is 13.2. The summed E-state index contributed by atoms with van der Waals surface area (Å²) in [6.45, 7) is 5.81. The Balaban J connectivity index is 2.11. The van der Waals surface area contributed by atoms with Crippen LogP contribution in [0, 0.1) is 5.82 Å². The molecular formula is C18H21FN2O. The molecule has 0 saturated carbocycles. The summed E-state index contributed by atoms with van der Waals surface area (Å²) in [6, 6.07) is 10.2. The lowest BCUT2D eigenvalue weighted by Crippen LogP contribution is -2.41. The fraction of sp³-hybridized carbons (Fsp3) is 0.333. The number of carbonyl (C=O) groups excluding carboxylic acids is 1. The predicted octanol–water partition coefficient (Wildman–Crippen LogP) is 3.53. The third-order valence-corrected chi connectivity index (χ3v) is 3.19. The van der Waals surface area contributed by atoms with Crippen molar-refractivity contribution in [3.05, 3.63) is 65.2 Å². The number of rotatable bonds is 4. The summed E-state index contributed by atoms with van der Waals surface area (Å²) in [4.78, 5) is 16.5. The zero-order chi connectivity index (χ0) is 16.2. The average Bonchev–Trinajstić information content (AvgIpc) is 2.45. The molecular weight excluding hydrogens is 279 g/mol. The maximum absolute atomic E-state index is 12.9. The normalized spacial score (nSPS) is 11.3. The molecule has 0 aliphatic rings. The van der Waals surface area contributed by atoms with Crippen LogP contribution in [0.2, 0.25) is 0 Å². The molecule has 0 aliphatic heterocycles. The van der Waals surface area contributed by atoms with E-state index in [0.717, 1.165) is 17.5 Å². The van der Waals surface area contributed by atoms with Crippen molar-refractivity contribution in [2.75, 3.05) is 0 Å². The van der Waals surface area contributed by atoms with E-state index in [9.17, 15) is 9.18 Å². The lowest BCUT2D eigenvalue weighted by atomic mass is 10.0. The third-order valence-electron chi connectivity index (χ3n) is 3.19. The Morgan fingerprint density at radius 1 is 1.14 bits per heavy atom. The van der Waals surface area contributed by atoms with E-state index >= 15 is 0 Å². The molecule has 22 heavy (non-hydrogen) atoms. The van der Waals surface area contributed by atoms with E-state index in [2.05, 4.69) is 10.3 Å². The van der Waals surface area contributed by atoms with Gasteiger partial charge in [0.15, 0.2) is 0 Å². The number of carbonyl (C=O) groups is 1. The number of hydrogen-bond donors (Lipinski definition) is 1. The van der Waals surface area contributed by atoms with E-state index < -0.39 is 0 Å². The molecule has 0 unspecified atom stereocenters. The van der Waals surface area contributed by atoms with Gasteiger partial charge in [-0.25, -0.2) is 4.39 Å². The van der Waals surface area contributed by atoms with Crippen molar-refractivity contribution >= 4 is 5.91 Å². The van der Waals surface area contributed by atoms with Gasteiger partial charge in [0.2, 0.25) is 0 Å². The first-order chi connectivity index (χ1) is 10.3. The third kappa shape index (κ3) is 4.65. The molecule has 0 fully saturated rings. The molecule has 0 spiro atoms. The first-order valence-corrected chi connectivity index (χ1v) is 7.36. The van der Waals surface area contributed by atoms with Gasteiger partial charge in [0.1, 0.15) is 11.5 Å². The summed E-state index contributed by atoms with van der Waals surface area (Å²) in [5, 5.41) is 2.93. The summed E-state index contributed by atoms with van der Waals surface area (Å²) in [5.41, 5.74) is 2.09. The van der Waals surface area contributed by atoms with Crippen molar-refractivity contribution < 1.29 is 9.18 Å². The second kappa shape index (κ2) is 6.69. The molecule has 0 aliphatic carbocycles. The molecule has 1 amide bonds. The highest BCUT2D eigenvalue weighted by atomic mass is 19.1. The molecule has 1 heterocycles. The average molecular weight is 300 g/mol. The molecule has 0 saturated heterocycles. The Morgan fingerprint density at radius 2 is 1.82 bits per heavy atom. The molecule has 2 aromatic rings.